The number of hydrogen-bond acceptors (Lipinski definition) is 3. The number of rotatable bonds is 5. The predicted molar refractivity (Wildman–Crippen MR) is 91.0 cm³/mol. The molecule has 0 spiro atoms. The molecule has 132 valence electrons. The molecule has 0 amide bonds. The molecular formula is C20H27FO3. The van der Waals surface area contributed by atoms with Crippen LogP contribution in [0.25, 0.3) is 0 Å². The quantitative estimate of drug-likeness (QED) is 0.692. The number of hydrogen-bond donors (Lipinski definition) is 0. The second-order valence-corrected chi connectivity index (χ2v) is 8.60. The molecule has 2 aliphatic rings. The van der Waals surface area contributed by atoms with Crippen molar-refractivity contribution in [1.29, 1.82) is 0 Å². The van der Waals surface area contributed by atoms with E-state index in [4.69, 9.17) is 9.47 Å². The second kappa shape index (κ2) is 6.05. The molecule has 0 radical (unpaired) electrons. The molecule has 0 N–H and O–H groups in total. The Hall–Kier alpha value is -1.58. The van der Waals surface area contributed by atoms with Crippen molar-refractivity contribution >= 4 is 5.97 Å². The summed E-state index contributed by atoms with van der Waals surface area (Å²) in [6.45, 7) is 8.15. The monoisotopic (exact) mass is 334 g/mol. The van der Waals surface area contributed by atoms with E-state index in [2.05, 4.69) is 6.92 Å². The standard InChI is InChI=1S/C20H27FO3/c1-19(2,3)24-18(22)15-10-14(13-6-7-13)17(11-16(15)21)23-12-20(4)8-5-9-20/h10-11,13H,5-9,12H2,1-4H3. The van der Waals surface area contributed by atoms with E-state index in [1.165, 1.54) is 12.5 Å². The first kappa shape index (κ1) is 17.2. The fourth-order valence-electron chi connectivity index (χ4n) is 3.08. The molecule has 0 bridgehead atoms. The van der Waals surface area contributed by atoms with Crippen LogP contribution in [0.15, 0.2) is 12.1 Å². The highest BCUT2D eigenvalue weighted by atomic mass is 19.1. The first-order valence-corrected chi connectivity index (χ1v) is 8.86. The van der Waals surface area contributed by atoms with E-state index >= 15 is 0 Å². The number of carbonyl (C=O) groups excluding carboxylic acids is 1. The average molecular weight is 334 g/mol. The number of esters is 1. The van der Waals surface area contributed by atoms with E-state index in [1.54, 1.807) is 26.8 Å². The molecule has 1 aromatic rings. The maximum Gasteiger partial charge on any atom is 0.341 e. The normalized spacial score (nSPS) is 19.5. The van der Waals surface area contributed by atoms with Gasteiger partial charge >= 0.3 is 5.97 Å². The van der Waals surface area contributed by atoms with Crippen LogP contribution in [0.4, 0.5) is 4.39 Å². The minimum atomic E-state index is -0.642. The third-order valence-electron chi connectivity index (χ3n) is 4.87. The molecule has 0 saturated heterocycles. The summed E-state index contributed by atoms with van der Waals surface area (Å²) in [6, 6.07) is 3.01. The van der Waals surface area contributed by atoms with Crippen LogP contribution in [0.3, 0.4) is 0 Å². The Morgan fingerprint density at radius 3 is 2.46 bits per heavy atom. The maximum atomic E-state index is 14.5. The molecule has 1 aromatic carbocycles. The van der Waals surface area contributed by atoms with Crippen LogP contribution < -0.4 is 4.74 Å². The van der Waals surface area contributed by atoms with Gasteiger partial charge in [0.25, 0.3) is 0 Å². The Kier molecular flexibility index (Phi) is 4.35. The largest absolute Gasteiger partial charge is 0.493 e. The van der Waals surface area contributed by atoms with Gasteiger partial charge in [-0.05, 0) is 64.0 Å². The lowest BCUT2D eigenvalue weighted by atomic mass is 9.71. The van der Waals surface area contributed by atoms with Crippen molar-refractivity contribution in [2.24, 2.45) is 5.41 Å². The van der Waals surface area contributed by atoms with Crippen molar-refractivity contribution in [2.75, 3.05) is 6.61 Å². The first-order valence-electron chi connectivity index (χ1n) is 8.86. The Labute approximate surface area is 143 Å². The molecule has 2 aliphatic carbocycles. The lowest BCUT2D eigenvalue weighted by Crippen LogP contribution is -2.32. The van der Waals surface area contributed by atoms with Gasteiger partial charge in [0.2, 0.25) is 0 Å². The van der Waals surface area contributed by atoms with Crippen LogP contribution in [-0.4, -0.2) is 18.2 Å². The van der Waals surface area contributed by atoms with Gasteiger partial charge in [-0.2, -0.15) is 0 Å². The van der Waals surface area contributed by atoms with E-state index in [1.807, 2.05) is 0 Å². The molecule has 2 fully saturated rings. The van der Waals surface area contributed by atoms with Gasteiger partial charge in [-0.1, -0.05) is 13.3 Å². The van der Waals surface area contributed by atoms with E-state index in [-0.39, 0.29) is 11.0 Å². The Morgan fingerprint density at radius 2 is 1.96 bits per heavy atom. The number of halogens is 1. The van der Waals surface area contributed by atoms with Crippen molar-refractivity contribution in [2.45, 2.75) is 71.3 Å². The lowest BCUT2D eigenvalue weighted by Gasteiger charge is -2.38. The minimum Gasteiger partial charge on any atom is -0.493 e. The average Bonchev–Trinajstić information content (AvgIpc) is 3.25. The predicted octanol–water partition coefficient (Wildman–Crippen LogP) is 5.23. The van der Waals surface area contributed by atoms with Crippen LogP contribution in [-0.2, 0) is 4.74 Å². The van der Waals surface area contributed by atoms with E-state index < -0.39 is 17.4 Å². The molecular weight excluding hydrogens is 307 g/mol. The summed E-state index contributed by atoms with van der Waals surface area (Å²) in [5.74, 6) is -0.215. The number of ether oxygens (including phenoxy) is 2. The Balaban J connectivity index is 1.82. The van der Waals surface area contributed by atoms with Gasteiger partial charge in [0.1, 0.15) is 17.2 Å². The summed E-state index contributed by atoms with van der Waals surface area (Å²) < 4.78 is 25.8. The lowest BCUT2D eigenvalue weighted by molar-refractivity contribution is 0.00643. The molecule has 3 rings (SSSR count). The molecule has 0 unspecified atom stereocenters. The molecule has 0 aromatic heterocycles. The summed E-state index contributed by atoms with van der Waals surface area (Å²) in [5, 5.41) is 0. The minimum absolute atomic E-state index is 0.00836. The van der Waals surface area contributed by atoms with Crippen molar-refractivity contribution < 1.29 is 18.7 Å². The van der Waals surface area contributed by atoms with E-state index in [0.717, 1.165) is 31.2 Å². The van der Waals surface area contributed by atoms with E-state index in [0.29, 0.717) is 18.3 Å². The van der Waals surface area contributed by atoms with Gasteiger partial charge in [-0.3, -0.25) is 0 Å². The SMILES string of the molecule is CC1(COc2cc(F)c(C(=O)OC(C)(C)C)cc2C2CC2)CCC1. The second-order valence-electron chi connectivity index (χ2n) is 8.60. The fraction of sp³-hybridized carbons (Fsp3) is 0.650. The van der Waals surface area contributed by atoms with Gasteiger partial charge < -0.3 is 9.47 Å². The smallest absolute Gasteiger partial charge is 0.341 e. The molecule has 0 atom stereocenters. The zero-order valence-corrected chi connectivity index (χ0v) is 15.1. The van der Waals surface area contributed by atoms with Crippen LogP contribution in [0, 0.1) is 11.2 Å². The van der Waals surface area contributed by atoms with Gasteiger partial charge in [0.15, 0.2) is 0 Å². The van der Waals surface area contributed by atoms with E-state index in [9.17, 15) is 9.18 Å². The van der Waals surface area contributed by atoms with Crippen molar-refractivity contribution in [3.63, 3.8) is 0 Å². The zero-order chi connectivity index (χ0) is 17.5. The van der Waals surface area contributed by atoms with Gasteiger partial charge in [-0.25, -0.2) is 9.18 Å². The summed E-state index contributed by atoms with van der Waals surface area (Å²) in [5.41, 5.74) is 0.521. The molecule has 0 heterocycles. The third kappa shape index (κ3) is 3.90. The number of carbonyl (C=O) groups is 1. The fourth-order valence-corrected chi connectivity index (χ4v) is 3.08. The Bertz CT molecular complexity index is 637. The molecule has 4 heteroatoms. The summed E-state index contributed by atoms with van der Waals surface area (Å²) >= 11 is 0. The first-order chi connectivity index (χ1) is 11.2. The van der Waals surface area contributed by atoms with Crippen LogP contribution in [0.1, 0.15) is 81.6 Å². The van der Waals surface area contributed by atoms with Gasteiger partial charge in [0.05, 0.1) is 12.2 Å². The van der Waals surface area contributed by atoms with Gasteiger partial charge in [0, 0.05) is 11.5 Å². The van der Waals surface area contributed by atoms with Crippen molar-refractivity contribution in [3.05, 3.63) is 29.1 Å². The van der Waals surface area contributed by atoms with Gasteiger partial charge in [-0.15, -0.1) is 0 Å². The zero-order valence-electron chi connectivity index (χ0n) is 15.1. The summed E-state index contributed by atoms with van der Waals surface area (Å²) in [6.07, 6.45) is 5.68. The highest BCUT2D eigenvalue weighted by Gasteiger charge is 2.34. The highest BCUT2D eigenvalue weighted by Crippen LogP contribution is 2.46. The van der Waals surface area contributed by atoms with Crippen LogP contribution in [0.2, 0.25) is 0 Å². The van der Waals surface area contributed by atoms with Crippen LogP contribution >= 0.6 is 0 Å². The summed E-state index contributed by atoms with van der Waals surface area (Å²) in [7, 11) is 0. The molecule has 24 heavy (non-hydrogen) atoms. The maximum absolute atomic E-state index is 14.5. The third-order valence-corrected chi connectivity index (χ3v) is 4.87. The van der Waals surface area contributed by atoms with Crippen molar-refractivity contribution in [3.8, 4) is 5.75 Å². The molecule has 2 saturated carbocycles. The highest BCUT2D eigenvalue weighted by molar-refractivity contribution is 5.90. The number of benzene rings is 1. The summed E-state index contributed by atoms with van der Waals surface area (Å²) in [4.78, 5) is 12.3. The molecule has 0 aliphatic heterocycles. The topological polar surface area (TPSA) is 35.5 Å². The Morgan fingerprint density at radius 1 is 1.29 bits per heavy atom. The van der Waals surface area contributed by atoms with Crippen LogP contribution in [0.5, 0.6) is 5.75 Å². The molecule has 3 nitrogen and oxygen atoms in total. The van der Waals surface area contributed by atoms with Crippen molar-refractivity contribution in [1.82, 2.24) is 0 Å².